The van der Waals surface area contributed by atoms with Gasteiger partial charge in [0.2, 0.25) is 11.8 Å². The van der Waals surface area contributed by atoms with E-state index >= 15 is 0 Å². The lowest BCUT2D eigenvalue weighted by atomic mass is 9.86. The number of carbonyl (C=O) groups excluding carboxylic acids is 2. The van der Waals surface area contributed by atoms with Gasteiger partial charge in [0, 0.05) is 30.4 Å². The van der Waals surface area contributed by atoms with Crippen molar-refractivity contribution in [2.45, 2.75) is 58.5 Å². The van der Waals surface area contributed by atoms with Crippen LogP contribution in [-0.4, -0.2) is 52.2 Å². The van der Waals surface area contributed by atoms with E-state index in [9.17, 15) is 9.59 Å². The zero-order valence-electron chi connectivity index (χ0n) is 18.7. The predicted molar refractivity (Wildman–Crippen MR) is 120 cm³/mol. The first kappa shape index (κ1) is 21.6. The first-order valence-electron chi connectivity index (χ1n) is 11.4. The number of hydrogen-bond acceptors (Lipinski definition) is 4. The van der Waals surface area contributed by atoms with E-state index in [2.05, 4.69) is 17.6 Å². The van der Waals surface area contributed by atoms with Gasteiger partial charge in [0.1, 0.15) is 6.04 Å². The molecule has 1 saturated carbocycles. The molecule has 7 nitrogen and oxygen atoms in total. The molecule has 2 amide bonds. The van der Waals surface area contributed by atoms with Crippen LogP contribution in [0.25, 0.3) is 5.69 Å². The van der Waals surface area contributed by atoms with Crippen LogP contribution in [0.1, 0.15) is 55.6 Å². The SMILES string of the molecule is Cc1nn(-c2ccccc2)c(C)c1[C@@H]1C(=O)NCCN1CC(=O)N[C@H]1CCCC[C@H]1C. The Morgan fingerprint density at radius 1 is 1.19 bits per heavy atom. The second kappa shape index (κ2) is 9.22. The largest absolute Gasteiger partial charge is 0.353 e. The number of hydrogen-bond donors (Lipinski definition) is 2. The molecule has 2 N–H and O–H groups in total. The fourth-order valence-electron chi connectivity index (χ4n) is 5.04. The molecule has 1 aromatic carbocycles. The van der Waals surface area contributed by atoms with Crippen molar-refractivity contribution in [1.82, 2.24) is 25.3 Å². The Hall–Kier alpha value is -2.67. The molecule has 0 bridgehead atoms. The Morgan fingerprint density at radius 3 is 2.68 bits per heavy atom. The van der Waals surface area contributed by atoms with Crippen molar-refractivity contribution in [2.24, 2.45) is 5.92 Å². The van der Waals surface area contributed by atoms with Crippen LogP contribution in [0.5, 0.6) is 0 Å². The highest BCUT2D eigenvalue weighted by molar-refractivity contribution is 5.86. The molecule has 3 atom stereocenters. The van der Waals surface area contributed by atoms with E-state index < -0.39 is 6.04 Å². The smallest absolute Gasteiger partial charge is 0.242 e. The molecular weight excluding hydrogens is 390 g/mol. The van der Waals surface area contributed by atoms with E-state index in [0.717, 1.165) is 35.5 Å². The Morgan fingerprint density at radius 2 is 1.94 bits per heavy atom. The molecule has 7 heteroatoms. The van der Waals surface area contributed by atoms with Crippen molar-refractivity contribution in [3.05, 3.63) is 47.3 Å². The summed E-state index contributed by atoms with van der Waals surface area (Å²) in [6.45, 7) is 7.55. The van der Waals surface area contributed by atoms with Crippen molar-refractivity contribution in [2.75, 3.05) is 19.6 Å². The average molecular weight is 424 g/mol. The van der Waals surface area contributed by atoms with Crippen molar-refractivity contribution in [3.63, 3.8) is 0 Å². The number of para-hydroxylation sites is 1. The molecule has 1 saturated heterocycles. The Bertz CT molecular complexity index is 939. The Balaban J connectivity index is 1.56. The summed E-state index contributed by atoms with van der Waals surface area (Å²) in [6.07, 6.45) is 4.61. The average Bonchev–Trinajstić information content (AvgIpc) is 3.05. The molecule has 0 unspecified atom stereocenters. The van der Waals surface area contributed by atoms with Crippen LogP contribution < -0.4 is 10.6 Å². The second-order valence-electron chi connectivity index (χ2n) is 8.93. The maximum Gasteiger partial charge on any atom is 0.242 e. The summed E-state index contributed by atoms with van der Waals surface area (Å²) in [5.74, 6) is 0.444. The molecule has 1 aliphatic carbocycles. The molecule has 4 rings (SSSR count). The standard InChI is InChI=1S/C24H33N5O2/c1-16-9-7-8-12-20(16)26-21(30)15-28-14-13-25-24(31)23(28)22-17(2)27-29(18(22)3)19-10-5-4-6-11-19/h4-6,10-11,16,20,23H,7-9,12-15H2,1-3H3,(H,25,31)(H,26,30)/t16-,20+,23-/m1/s1. The zero-order chi connectivity index (χ0) is 22.0. The van der Waals surface area contributed by atoms with Gasteiger partial charge >= 0.3 is 0 Å². The molecule has 2 aliphatic rings. The van der Waals surface area contributed by atoms with Crippen LogP contribution in [0, 0.1) is 19.8 Å². The number of amides is 2. The quantitative estimate of drug-likeness (QED) is 0.775. The number of benzene rings is 1. The number of piperazine rings is 1. The van der Waals surface area contributed by atoms with Crippen molar-refractivity contribution in [3.8, 4) is 5.69 Å². The number of nitrogens with one attached hydrogen (secondary N) is 2. The van der Waals surface area contributed by atoms with Crippen LogP contribution in [0.3, 0.4) is 0 Å². The zero-order valence-corrected chi connectivity index (χ0v) is 18.7. The lowest BCUT2D eigenvalue weighted by Gasteiger charge is -2.36. The van der Waals surface area contributed by atoms with Crippen molar-refractivity contribution in [1.29, 1.82) is 0 Å². The summed E-state index contributed by atoms with van der Waals surface area (Å²) in [4.78, 5) is 27.9. The summed E-state index contributed by atoms with van der Waals surface area (Å²) in [5.41, 5.74) is 3.59. The molecule has 1 aliphatic heterocycles. The van der Waals surface area contributed by atoms with Crippen LogP contribution >= 0.6 is 0 Å². The van der Waals surface area contributed by atoms with Gasteiger partial charge in [0.15, 0.2) is 0 Å². The first-order chi connectivity index (χ1) is 15.0. The summed E-state index contributed by atoms with van der Waals surface area (Å²) < 4.78 is 1.88. The third-order valence-corrected chi connectivity index (χ3v) is 6.74. The van der Waals surface area contributed by atoms with Crippen LogP contribution in [0.2, 0.25) is 0 Å². The number of rotatable bonds is 5. The van der Waals surface area contributed by atoms with Gasteiger partial charge in [0.05, 0.1) is 17.9 Å². The monoisotopic (exact) mass is 423 g/mol. The van der Waals surface area contributed by atoms with E-state index in [4.69, 9.17) is 5.10 Å². The van der Waals surface area contributed by atoms with E-state index in [0.29, 0.717) is 19.0 Å². The number of aromatic nitrogens is 2. The predicted octanol–water partition coefficient (Wildman–Crippen LogP) is 2.66. The summed E-state index contributed by atoms with van der Waals surface area (Å²) in [7, 11) is 0. The maximum atomic E-state index is 13.0. The lowest BCUT2D eigenvalue weighted by molar-refractivity contribution is -0.132. The summed E-state index contributed by atoms with van der Waals surface area (Å²) >= 11 is 0. The maximum absolute atomic E-state index is 13.0. The van der Waals surface area contributed by atoms with E-state index in [1.807, 2.05) is 53.8 Å². The van der Waals surface area contributed by atoms with E-state index in [1.54, 1.807) is 0 Å². The summed E-state index contributed by atoms with van der Waals surface area (Å²) in [6, 6.07) is 9.64. The summed E-state index contributed by atoms with van der Waals surface area (Å²) in [5, 5.41) is 10.9. The van der Waals surface area contributed by atoms with Crippen molar-refractivity contribution >= 4 is 11.8 Å². The third kappa shape index (κ3) is 4.51. The van der Waals surface area contributed by atoms with Crippen LogP contribution in [0.4, 0.5) is 0 Å². The number of carbonyl (C=O) groups is 2. The van der Waals surface area contributed by atoms with Gasteiger partial charge in [-0.15, -0.1) is 0 Å². The van der Waals surface area contributed by atoms with Gasteiger partial charge in [-0.1, -0.05) is 38.0 Å². The molecule has 31 heavy (non-hydrogen) atoms. The Kier molecular flexibility index (Phi) is 6.41. The molecule has 0 radical (unpaired) electrons. The van der Waals surface area contributed by atoms with Gasteiger partial charge in [-0.05, 0) is 44.7 Å². The normalized spacial score (nSPS) is 24.6. The molecule has 2 fully saturated rings. The molecule has 2 aromatic rings. The Labute approximate surface area is 184 Å². The fraction of sp³-hybridized carbons (Fsp3) is 0.542. The van der Waals surface area contributed by atoms with Gasteiger partial charge in [-0.2, -0.15) is 5.10 Å². The molecule has 166 valence electrons. The van der Waals surface area contributed by atoms with Gasteiger partial charge in [-0.3, -0.25) is 14.5 Å². The minimum Gasteiger partial charge on any atom is -0.353 e. The molecule has 2 heterocycles. The highest BCUT2D eigenvalue weighted by atomic mass is 16.2. The number of nitrogens with zero attached hydrogens (tertiary/aromatic N) is 3. The minimum absolute atomic E-state index is 0.00390. The van der Waals surface area contributed by atoms with Crippen LogP contribution in [0.15, 0.2) is 30.3 Å². The second-order valence-corrected chi connectivity index (χ2v) is 8.93. The topological polar surface area (TPSA) is 79.3 Å². The minimum atomic E-state index is -0.513. The highest BCUT2D eigenvalue weighted by Crippen LogP contribution is 2.30. The van der Waals surface area contributed by atoms with Gasteiger partial charge < -0.3 is 10.6 Å². The highest BCUT2D eigenvalue weighted by Gasteiger charge is 2.36. The third-order valence-electron chi connectivity index (χ3n) is 6.74. The molecule has 0 spiro atoms. The van der Waals surface area contributed by atoms with E-state index in [-0.39, 0.29) is 24.4 Å². The molecular formula is C24H33N5O2. The molecule has 1 aromatic heterocycles. The van der Waals surface area contributed by atoms with Crippen molar-refractivity contribution < 1.29 is 9.59 Å². The van der Waals surface area contributed by atoms with E-state index in [1.165, 1.54) is 12.8 Å². The number of aryl methyl sites for hydroxylation is 1. The van der Waals surface area contributed by atoms with Crippen LogP contribution in [-0.2, 0) is 9.59 Å². The first-order valence-corrected chi connectivity index (χ1v) is 11.4. The van der Waals surface area contributed by atoms with Gasteiger partial charge in [0.25, 0.3) is 0 Å². The lowest BCUT2D eigenvalue weighted by Crippen LogP contribution is -2.54. The fourth-order valence-corrected chi connectivity index (χ4v) is 5.04. The van der Waals surface area contributed by atoms with Gasteiger partial charge in [-0.25, -0.2) is 4.68 Å².